The second-order valence-corrected chi connectivity index (χ2v) is 6.02. The molecule has 0 unspecified atom stereocenters. The van der Waals surface area contributed by atoms with Crippen LogP contribution >= 0.6 is 15.9 Å². The highest BCUT2D eigenvalue weighted by Gasteiger charge is 2.58. The Hall–Kier alpha value is -0.940. The lowest BCUT2D eigenvalue weighted by atomic mass is 10.0. The first-order valence-electron chi connectivity index (χ1n) is 6.96. The van der Waals surface area contributed by atoms with E-state index in [9.17, 15) is 4.79 Å². The lowest BCUT2D eigenvalue weighted by Gasteiger charge is -2.15. The summed E-state index contributed by atoms with van der Waals surface area (Å²) in [5.74, 6) is 0.392. The molecule has 0 spiro atoms. The van der Waals surface area contributed by atoms with Crippen molar-refractivity contribution < 1.29 is 7.54 Å². The number of nitrogens with one attached hydrogen (secondary N) is 2. The van der Waals surface area contributed by atoms with Crippen LogP contribution in [0.1, 0.15) is 28.0 Å². The lowest BCUT2D eigenvalue weighted by Crippen LogP contribution is -2.38. The zero-order valence-electron chi connectivity index (χ0n) is 12.2. The molecular formula is C13H16BrN3O. The molecule has 0 radical (unpaired) electrons. The van der Waals surface area contributed by atoms with Crippen molar-refractivity contribution in [1.29, 1.82) is 0 Å². The van der Waals surface area contributed by atoms with E-state index >= 15 is 0 Å². The summed E-state index contributed by atoms with van der Waals surface area (Å²) in [6.07, 6.45) is -0.683. The maximum atomic E-state index is 12.2. The Morgan fingerprint density at radius 2 is 2.50 bits per heavy atom. The molecule has 18 heavy (non-hydrogen) atoms. The molecule has 1 aliphatic heterocycles. The summed E-state index contributed by atoms with van der Waals surface area (Å²) in [5, 5.41) is 5.90. The first-order valence-corrected chi connectivity index (χ1v) is 6.75. The first-order chi connectivity index (χ1) is 9.25. The third-order valence-electron chi connectivity index (χ3n) is 3.64. The molecule has 2 fully saturated rings. The van der Waals surface area contributed by atoms with Crippen LogP contribution in [0.15, 0.2) is 16.7 Å². The molecule has 1 amide bonds. The summed E-state index contributed by atoms with van der Waals surface area (Å²) < 4.78 is 16.3. The van der Waals surface area contributed by atoms with Gasteiger partial charge < -0.3 is 10.6 Å². The molecule has 0 bridgehead atoms. The Bertz CT molecular complexity index is 595. The fourth-order valence-electron chi connectivity index (χ4n) is 2.38. The Morgan fingerprint density at radius 3 is 3.17 bits per heavy atom. The average Bonchev–Trinajstić information content (AvgIpc) is 2.70. The third kappa shape index (κ3) is 2.06. The first kappa shape index (κ1) is 9.92. The SMILES string of the molecule is [2H]C1([2H])[C@H]2N[C@H](C(=O)Nc3nc(Br)ccc3C)C[C@]21C. The highest BCUT2D eigenvalue weighted by Crippen LogP contribution is 2.53. The fraction of sp³-hybridized carbons (Fsp3) is 0.538. The molecule has 1 saturated carbocycles. The molecule has 1 aliphatic carbocycles. The summed E-state index contributed by atoms with van der Waals surface area (Å²) in [5.41, 5.74) is 0.473. The molecule has 1 aromatic rings. The van der Waals surface area contributed by atoms with Gasteiger partial charge in [0.25, 0.3) is 0 Å². The number of fused-ring (bicyclic) bond motifs is 1. The minimum atomic E-state index is -1.20. The van der Waals surface area contributed by atoms with Gasteiger partial charge in [-0.25, -0.2) is 4.98 Å². The maximum absolute atomic E-state index is 12.2. The fourth-order valence-corrected chi connectivity index (χ4v) is 2.69. The van der Waals surface area contributed by atoms with E-state index < -0.39 is 11.8 Å². The van der Waals surface area contributed by atoms with Gasteiger partial charge >= 0.3 is 0 Å². The topological polar surface area (TPSA) is 54.0 Å². The van der Waals surface area contributed by atoms with E-state index in [2.05, 4.69) is 31.5 Å². The van der Waals surface area contributed by atoms with E-state index in [0.717, 1.165) is 5.56 Å². The van der Waals surface area contributed by atoms with Crippen LogP contribution in [0.5, 0.6) is 0 Å². The normalized spacial score (nSPS) is 37.5. The van der Waals surface area contributed by atoms with Crippen molar-refractivity contribution in [2.45, 2.75) is 38.7 Å². The number of hydrogen-bond donors (Lipinski definition) is 2. The largest absolute Gasteiger partial charge is 0.309 e. The van der Waals surface area contributed by atoms with Crippen LogP contribution in [-0.2, 0) is 4.79 Å². The molecule has 3 rings (SSSR count). The Balaban J connectivity index is 1.69. The van der Waals surface area contributed by atoms with Gasteiger partial charge in [-0.1, -0.05) is 13.0 Å². The number of nitrogens with zero attached hydrogens (tertiary/aromatic N) is 1. The van der Waals surface area contributed by atoms with Gasteiger partial charge in [-0.05, 0) is 52.7 Å². The number of anilines is 1. The average molecular weight is 312 g/mol. The Labute approximate surface area is 117 Å². The van der Waals surface area contributed by atoms with Gasteiger partial charge in [-0.2, -0.15) is 0 Å². The van der Waals surface area contributed by atoms with Crippen LogP contribution in [0.25, 0.3) is 0 Å². The van der Waals surface area contributed by atoms with Gasteiger partial charge in [0.15, 0.2) is 0 Å². The monoisotopic (exact) mass is 311 g/mol. The van der Waals surface area contributed by atoms with Crippen LogP contribution in [0.4, 0.5) is 5.82 Å². The van der Waals surface area contributed by atoms with E-state index in [-0.39, 0.29) is 18.0 Å². The molecule has 96 valence electrons. The number of rotatable bonds is 2. The highest BCUT2D eigenvalue weighted by molar-refractivity contribution is 9.10. The molecule has 4 nitrogen and oxygen atoms in total. The minimum absolute atomic E-state index is 0.150. The van der Waals surface area contributed by atoms with E-state index in [1.165, 1.54) is 0 Å². The Morgan fingerprint density at radius 1 is 1.72 bits per heavy atom. The molecular weight excluding hydrogens is 294 g/mol. The molecule has 5 heteroatoms. The van der Waals surface area contributed by atoms with E-state index in [4.69, 9.17) is 2.74 Å². The van der Waals surface area contributed by atoms with Crippen molar-refractivity contribution in [3.63, 3.8) is 0 Å². The van der Waals surface area contributed by atoms with Crippen LogP contribution in [-0.4, -0.2) is 23.0 Å². The second kappa shape index (κ2) is 4.03. The van der Waals surface area contributed by atoms with Crippen LogP contribution in [0, 0.1) is 12.3 Å². The number of carbonyl (C=O) groups is 1. The standard InChI is InChI=1S/C13H16BrN3O/c1-7-3-4-10(14)16-11(7)17-12(18)8-5-13(2)6-9(13)15-8/h3-4,8-9,15H,5-6H2,1-2H3,(H,16,17,18)/t8-,9+,13-/m0/s1/i6D2. The number of amides is 1. The van der Waals surface area contributed by atoms with Crippen molar-refractivity contribution in [3.8, 4) is 0 Å². The van der Waals surface area contributed by atoms with Gasteiger partial charge in [-0.3, -0.25) is 4.79 Å². The van der Waals surface area contributed by atoms with Crippen molar-refractivity contribution in [1.82, 2.24) is 10.3 Å². The number of halogens is 1. The summed E-state index contributed by atoms with van der Waals surface area (Å²) >= 11 is 3.28. The predicted molar refractivity (Wildman–Crippen MR) is 73.4 cm³/mol. The van der Waals surface area contributed by atoms with E-state index in [1.54, 1.807) is 0 Å². The lowest BCUT2D eigenvalue weighted by molar-refractivity contribution is -0.118. The molecule has 1 aromatic heterocycles. The van der Waals surface area contributed by atoms with Gasteiger partial charge in [0.2, 0.25) is 5.91 Å². The van der Waals surface area contributed by atoms with Crippen LogP contribution in [0.3, 0.4) is 0 Å². The maximum Gasteiger partial charge on any atom is 0.242 e. The number of piperidine rings is 1. The number of aryl methyl sites for hydroxylation is 1. The zero-order chi connectivity index (χ0) is 14.7. The highest BCUT2D eigenvalue weighted by atomic mass is 79.9. The molecule has 0 aromatic carbocycles. The molecule has 2 aliphatic rings. The predicted octanol–water partition coefficient (Wildman–Crippen LogP) is 2.23. The summed E-state index contributed by atoms with van der Waals surface area (Å²) in [6, 6.07) is 3.13. The minimum Gasteiger partial charge on any atom is -0.309 e. The number of pyridine rings is 1. The quantitative estimate of drug-likeness (QED) is 0.824. The molecule has 2 heterocycles. The van der Waals surface area contributed by atoms with Gasteiger partial charge in [-0.15, -0.1) is 0 Å². The van der Waals surface area contributed by atoms with Crippen LogP contribution in [0.2, 0.25) is 0 Å². The van der Waals surface area contributed by atoms with Crippen LogP contribution < -0.4 is 10.6 Å². The van der Waals surface area contributed by atoms with E-state index in [1.807, 2.05) is 26.0 Å². The summed E-state index contributed by atoms with van der Waals surface area (Å²) in [4.78, 5) is 16.5. The van der Waals surface area contributed by atoms with Crippen molar-refractivity contribution in [3.05, 3.63) is 22.3 Å². The number of aromatic nitrogens is 1. The molecule has 2 N–H and O–H groups in total. The van der Waals surface area contributed by atoms with E-state index in [0.29, 0.717) is 16.8 Å². The molecule has 3 atom stereocenters. The van der Waals surface area contributed by atoms with Crippen molar-refractivity contribution in [2.24, 2.45) is 5.41 Å². The Kier molecular flexibility index (Phi) is 2.22. The number of carbonyl (C=O) groups excluding carboxylic acids is 1. The number of hydrogen-bond acceptors (Lipinski definition) is 3. The van der Waals surface area contributed by atoms with Gasteiger partial charge in [0.1, 0.15) is 10.4 Å². The second-order valence-electron chi connectivity index (χ2n) is 5.21. The van der Waals surface area contributed by atoms with Gasteiger partial charge in [0.05, 0.1) is 6.04 Å². The summed E-state index contributed by atoms with van der Waals surface area (Å²) in [7, 11) is 0. The molecule has 1 saturated heterocycles. The zero-order valence-corrected chi connectivity index (χ0v) is 11.8. The van der Waals surface area contributed by atoms with Gasteiger partial charge in [0, 0.05) is 8.78 Å². The smallest absolute Gasteiger partial charge is 0.242 e. The summed E-state index contributed by atoms with van der Waals surface area (Å²) in [6.45, 7) is 3.77. The third-order valence-corrected chi connectivity index (χ3v) is 4.09. The van der Waals surface area contributed by atoms with Crippen molar-refractivity contribution in [2.75, 3.05) is 5.32 Å². The van der Waals surface area contributed by atoms with Crippen molar-refractivity contribution >= 4 is 27.7 Å².